The van der Waals surface area contributed by atoms with Crippen LogP contribution < -0.4 is 5.32 Å². The molecule has 2 aromatic heterocycles. The summed E-state index contributed by atoms with van der Waals surface area (Å²) < 4.78 is 0. The first-order chi connectivity index (χ1) is 13.2. The lowest BCUT2D eigenvalue weighted by Crippen LogP contribution is -2.24. The van der Waals surface area contributed by atoms with E-state index in [9.17, 15) is 9.59 Å². The zero-order valence-electron chi connectivity index (χ0n) is 14.5. The molecule has 5 nitrogen and oxygen atoms in total. The Balaban J connectivity index is 1.71. The molecular formula is C22H17N3O2. The molecular weight excluding hydrogens is 338 g/mol. The third-order valence-corrected chi connectivity index (χ3v) is 4.35. The highest BCUT2D eigenvalue weighted by Crippen LogP contribution is 2.25. The summed E-state index contributed by atoms with van der Waals surface area (Å²) in [5.41, 5.74) is 3.02. The number of hydrogen-bond donors (Lipinski definition) is 2. The van der Waals surface area contributed by atoms with Crippen molar-refractivity contribution in [3.63, 3.8) is 0 Å². The summed E-state index contributed by atoms with van der Waals surface area (Å²) in [6, 6.07) is 22.5. The molecule has 0 fully saturated rings. The van der Waals surface area contributed by atoms with E-state index in [2.05, 4.69) is 15.3 Å². The number of H-pyrrole nitrogens is 1. The van der Waals surface area contributed by atoms with Gasteiger partial charge in [-0.1, -0.05) is 54.6 Å². The molecule has 0 spiro atoms. The van der Waals surface area contributed by atoms with Crippen molar-refractivity contribution in [2.75, 3.05) is 5.32 Å². The number of benzene rings is 2. The van der Waals surface area contributed by atoms with Crippen LogP contribution in [0.5, 0.6) is 0 Å². The van der Waals surface area contributed by atoms with Gasteiger partial charge < -0.3 is 10.3 Å². The van der Waals surface area contributed by atoms with Gasteiger partial charge in [0.2, 0.25) is 0 Å². The van der Waals surface area contributed by atoms with Crippen LogP contribution >= 0.6 is 0 Å². The lowest BCUT2D eigenvalue weighted by atomic mass is 10.0. The predicted molar refractivity (Wildman–Crippen MR) is 105 cm³/mol. The number of anilines is 1. The van der Waals surface area contributed by atoms with Crippen LogP contribution in [0.2, 0.25) is 0 Å². The highest BCUT2D eigenvalue weighted by molar-refractivity contribution is 6.48. The third-order valence-electron chi connectivity index (χ3n) is 4.35. The van der Waals surface area contributed by atoms with E-state index in [4.69, 9.17) is 0 Å². The lowest BCUT2D eigenvalue weighted by molar-refractivity contribution is -0.112. The molecule has 4 aromatic rings. The Hall–Kier alpha value is -3.73. The van der Waals surface area contributed by atoms with E-state index in [-0.39, 0.29) is 0 Å². The lowest BCUT2D eigenvalue weighted by Gasteiger charge is -2.06. The molecule has 0 saturated heterocycles. The van der Waals surface area contributed by atoms with Crippen molar-refractivity contribution >= 4 is 28.4 Å². The Morgan fingerprint density at radius 2 is 1.63 bits per heavy atom. The zero-order chi connectivity index (χ0) is 18.6. The van der Waals surface area contributed by atoms with Crippen LogP contribution in [-0.4, -0.2) is 21.7 Å². The average molecular weight is 355 g/mol. The van der Waals surface area contributed by atoms with Gasteiger partial charge in [-0.3, -0.25) is 9.59 Å². The molecule has 1 amide bonds. The molecule has 0 saturated carbocycles. The van der Waals surface area contributed by atoms with Crippen molar-refractivity contribution in [2.24, 2.45) is 0 Å². The van der Waals surface area contributed by atoms with E-state index in [1.165, 1.54) is 0 Å². The maximum Gasteiger partial charge on any atom is 0.298 e. The molecule has 0 aliphatic carbocycles. The molecule has 2 N–H and O–H groups in total. The predicted octanol–water partition coefficient (Wildman–Crippen LogP) is 3.98. The first-order valence-corrected chi connectivity index (χ1v) is 8.62. The molecule has 4 rings (SSSR count). The van der Waals surface area contributed by atoms with Crippen molar-refractivity contribution < 1.29 is 9.59 Å². The maximum absolute atomic E-state index is 13.0. The van der Waals surface area contributed by atoms with Crippen LogP contribution in [0.3, 0.4) is 0 Å². The summed E-state index contributed by atoms with van der Waals surface area (Å²) in [6.45, 7) is 0. The summed E-state index contributed by atoms with van der Waals surface area (Å²) in [7, 11) is 0. The Bertz CT molecular complexity index is 1100. The minimum atomic E-state index is -0.701. The number of rotatable bonds is 5. The minimum Gasteiger partial charge on any atom is -0.357 e. The standard InChI is InChI=1S/C22H17N3O2/c26-21(22(27)25-19-12-6-7-13-23-19)20-16-10-4-5-11-17(16)24-18(20)14-15-8-2-1-3-9-15/h1-13,24H,14H2,(H,23,25,27). The van der Waals surface area contributed by atoms with E-state index in [1.54, 1.807) is 24.4 Å². The van der Waals surface area contributed by atoms with E-state index in [1.807, 2.05) is 54.6 Å². The summed E-state index contributed by atoms with van der Waals surface area (Å²) in [4.78, 5) is 32.9. The quantitative estimate of drug-likeness (QED) is 0.420. The number of amides is 1. The molecule has 5 heteroatoms. The number of aromatic nitrogens is 2. The number of carbonyl (C=O) groups excluding carboxylic acids is 2. The van der Waals surface area contributed by atoms with Crippen molar-refractivity contribution in [3.8, 4) is 0 Å². The maximum atomic E-state index is 13.0. The fraction of sp³-hybridized carbons (Fsp3) is 0.0455. The minimum absolute atomic E-state index is 0.348. The Labute approximate surface area is 156 Å². The van der Waals surface area contributed by atoms with E-state index in [0.29, 0.717) is 17.8 Å². The monoisotopic (exact) mass is 355 g/mol. The van der Waals surface area contributed by atoms with Gasteiger partial charge >= 0.3 is 0 Å². The normalized spacial score (nSPS) is 10.7. The summed E-state index contributed by atoms with van der Waals surface area (Å²) in [6.07, 6.45) is 2.10. The number of para-hydroxylation sites is 1. The van der Waals surface area contributed by atoms with Gasteiger partial charge in [-0.2, -0.15) is 0 Å². The molecule has 2 heterocycles. The highest BCUT2D eigenvalue weighted by Gasteiger charge is 2.24. The highest BCUT2D eigenvalue weighted by atomic mass is 16.2. The van der Waals surface area contributed by atoms with Crippen LogP contribution in [-0.2, 0) is 11.2 Å². The van der Waals surface area contributed by atoms with Gasteiger partial charge in [-0.15, -0.1) is 0 Å². The summed E-state index contributed by atoms with van der Waals surface area (Å²) in [5.74, 6) is -0.933. The van der Waals surface area contributed by atoms with Gasteiger partial charge in [0.25, 0.3) is 11.7 Å². The van der Waals surface area contributed by atoms with Crippen LogP contribution in [0.25, 0.3) is 10.9 Å². The van der Waals surface area contributed by atoms with Crippen molar-refractivity contribution in [1.82, 2.24) is 9.97 Å². The van der Waals surface area contributed by atoms with Crippen LogP contribution in [0, 0.1) is 0 Å². The molecule has 132 valence electrons. The first kappa shape index (κ1) is 16.7. The van der Waals surface area contributed by atoms with Crippen molar-refractivity contribution in [2.45, 2.75) is 6.42 Å². The van der Waals surface area contributed by atoms with E-state index >= 15 is 0 Å². The second-order valence-electron chi connectivity index (χ2n) is 6.18. The van der Waals surface area contributed by atoms with Crippen LogP contribution in [0.4, 0.5) is 5.82 Å². The largest absolute Gasteiger partial charge is 0.357 e. The molecule has 0 bridgehead atoms. The molecule has 27 heavy (non-hydrogen) atoms. The Morgan fingerprint density at radius 1 is 0.889 bits per heavy atom. The van der Waals surface area contributed by atoms with Gasteiger partial charge in [0.05, 0.1) is 5.56 Å². The van der Waals surface area contributed by atoms with Crippen molar-refractivity contribution in [1.29, 1.82) is 0 Å². The molecule has 0 aliphatic heterocycles. The number of nitrogens with zero attached hydrogens (tertiary/aromatic N) is 1. The molecule has 0 unspecified atom stereocenters. The van der Waals surface area contributed by atoms with E-state index in [0.717, 1.165) is 22.2 Å². The summed E-state index contributed by atoms with van der Waals surface area (Å²) in [5, 5.41) is 3.31. The number of fused-ring (bicyclic) bond motifs is 1. The molecule has 0 radical (unpaired) electrons. The average Bonchev–Trinajstić information content (AvgIpc) is 3.06. The van der Waals surface area contributed by atoms with E-state index < -0.39 is 11.7 Å². The number of pyridine rings is 1. The molecule has 0 atom stereocenters. The van der Waals surface area contributed by atoms with Gasteiger partial charge in [-0.05, 0) is 23.8 Å². The third kappa shape index (κ3) is 3.48. The van der Waals surface area contributed by atoms with Crippen molar-refractivity contribution in [3.05, 3.63) is 95.8 Å². The van der Waals surface area contributed by atoms with Gasteiger partial charge in [-0.25, -0.2) is 4.98 Å². The van der Waals surface area contributed by atoms with Crippen LogP contribution in [0.1, 0.15) is 21.6 Å². The second kappa shape index (κ2) is 7.25. The first-order valence-electron chi connectivity index (χ1n) is 8.62. The number of carbonyl (C=O) groups is 2. The number of aromatic amines is 1. The number of ketones is 1. The fourth-order valence-corrected chi connectivity index (χ4v) is 3.11. The number of Topliss-reactive ketones (excluding diaryl/α,β-unsaturated/α-hetero) is 1. The number of nitrogens with one attached hydrogen (secondary N) is 2. The smallest absolute Gasteiger partial charge is 0.298 e. The SMILES string of the molecule is O=C(Nc1ccccn1)C(=O)c1c(Cc2ccccc2)[nH]c2ccccc12. The van der Waals surface area contributed by atoms with Gasteiger partial charge in [0.1, 0.15) is 5.82 Å². The summed E-state index contributed by atoms with van der Waals surface area (Å²) >= 11 is 0. The van der Waals surface area contributed by atoms with Gasteiger partial charge in [0.15, 0.2) is 0 Å². The Morgan fingerprint density at radius 3 is 2.41 bits per heavy atom. The fourth-order valence-electron chi connectivity index (χ4n) is 3.11. The molecule has 2 aromatic carbocycles. The van der Waals surface area contributed by atoms with Crippen LogP contribution in [0.15, 0.2) is 79.0 Å². The topological polar surface area (TPSA) is 74.8 Å². The number of hydrogen-bond acceptors (Lipinski definition) is 3. The second-order valence-corrected chi connectivity index (χ2v) is 6.18. The Kier molecular flexibility index (Phi) is 4.49. The van der Waals surface area contributed by atoms with Gasteiger partial charge in [0, 0.05) is 29.2 Å². The molecule has 0 aliphatic rings. The zero-order valence-corrected chi connectivity index (χ0v) is 14.5.